The van der Waals surface area contributed by atoms with E-state index in [0.717, 1.165) is 5.69 Å². The first kappa shape index (κ1) is 15.5. The fourth-order valence-corrected chi connectivity index (χ4v) is 2.98. The van der Waals surface area contributed by atoms with E-state index in [1.807, 2.05) is 35.2 Å². The van der Waals surface area contributed by atoms with E-state index in [9.17, 15) is 14.4 Å². The van der Waals surface area contributed by atoms with Crippen LogP contribution in [0.15, 0.2) is 30.3 Å². The number of amides is 4. The summed E-state index contributed by atoms with van der Waals surface area (Å²) in [5.74, 6) is -0.276. The van der Waals surface area contributed by atoms with Crippen LogP contribution >= 0.6 is 0 Å². The number of imide groups is 1. The van der Waals surface area contributed by atoms with Crippen LogP contribution in [0.25, 0.3) is 0 Å². The summed E-state index contributed by atoms with van der Waals surface area (Å²) in [7, 11) is 1.52. The maximum atomic E-state index is 12.2. The lowest BCUT2D eigenvalue weighted by Gasteiger charge is -2.36. The Morgan fingerprint density at radius 1 is 1.09 bits per heavy atom. The molecule has 1 atom stereocenters. The first-order valence-electron chi connectivity index (χ1n) is 7.71. The number of nitrogens with one attached hydrogen (secondary N) is 1. The van der Waals surface area contributed by atoms with Crippen molar-refractivity contribution in [3.8, 4) is 0 Å². The van der Waals surface area contributed by atoms with Gasteiger partial charge in [0.25, 0.3) is 0 Å². The molecule has 7 heteroatoms. The number of hydrogen-bond donors (Lipinski definition) is 1. The zero-order chi connectivity index (χ0) is 16.4. The van der Waals surface area contributed by atoms with Gasteiger partial charge in [-0.05, 0) is 12.1 Å². The van der Waals surface area contributed by atoms with Crippen molar-refractivity contribution in [3.63, 3.8) is 0 Å². The molecule has 0 spiro atoms. The highest BCUT2D eigenvalue weighted by atomic mass is 16.2. The number of para-hydroxylation sites is 1. The average Bonchev–Trinajstić information content (AvgIpc) is 2.83. The Labute approximate surface area is 134 Å². The molecule has 2 saturated heterocycles. The smallest absolute Gasteiger partial charge is 0.321 e. The molecule has 1 aromatic carbocycles. The van der Waals surface area contributed by atoms with Crippen LogP contribution in [0.4, 0.5) is 10.5 Å². The highest BCUT2D eigenvalue weighted by molar-refractivity contribution is 6.05. The fraction of sp³-hybridized carbons (Fsp3) is 0.438. The summed E-state index contributed by atoms with van der Waals surface area (Å²) in [4.78, 5) is 40.8. The number of benzene rings is 1. The highest BCUT2D eigenvalue weighted by Gasteiger charge is 2.40. The predicted octanol–water partition coefficient (Wildman–Crippen LogP) is 0.593. The summed E-state index contributed by atoms with van der Waals surface area (Å²) < 4.78 is 0. The Hall–Kier alpha value is -2.41. The Bertz CT molecular complexity index is 611. The molecule has 0 bridgehead atoms. The van der Waals surface area contributed by atoms with Gasteiger partial charge in [0, 0.05) is 38.9 Å². The summed E-state index contributed by atoms with van der Waals surface area (Å²) in [6, 6.07) is 8.80. The molecule has 0 radical (unpaired) electrons. The van der Waals surface area contributed by atoms with Crippen molar-refractivity contribution in [2.45, 2.75) is 12.5 Å². The summed E-state index contributed by atoms with van der Waals surface area (Å²) in [6.07, 6.45) is 0.242. The molecule has 7 nitrogen and oxygen atoms in total. The Morgan fingerprint density at radius 2 is 1.74 bits per heavy atom. The van der Waals surface area contributed by atoms with E-state index in [1.54, 1.807) is 4.90 Å². The lowest BCUT2D eigenvalue weighted by molar-refractivity contribution is -0.138. The van der Waals surface area contributed by atoms with E-state index >= 15 is 0 Å². The summed E-state index contributed by atoms with van der Waals surface area (Å²) in [5.41, 5.74) is 0.762. The molecule has 2 heterocycles. The zero-order valence-electron chi connectivity index (χ0n) is 13.1. The molecule has 1 N–H and O–H groups in total. The van der Waals surface area contributed by atoms with Crippen molar-refractivity contribution in [2.75, 3.05) is 38.5 Å². The molecule has 4 amide bonds. The minimum Gasteiger partial charge on any atom is -0.322 e. The number of urea groups is 1. The standard InChI is InChI=1S/C16H20N4O3/c1-18-14(21)11-13(15(18)22)19-7-9-20(10-8-19)16(23)17-12-5-3-2-4-6-12/h2-6,13H,7-11H2,1H3,(H,17,23). The number of nitrogens with zero attached hydrogens (tertiary/aromatic N) is 3. The summed E-state index contributed by atoms with van der Waals surface area (Å²) in [5, 5.41) is 2.86. The van der Waals surface area contributed by atoms with Gasteiger partial charge in [-0.25, -0.2) is 4.79 Å². The summed E-state index contributed by atoms with van der Waals surface area (Å²) in [6.45, 7) is 2.28. The molecule has 122 valence electrons. The molecule has 0 saturated carbocycles. The third-order valence-corrected chi connectivity index (χ3v) is 4.43. The van der Waals surface area contributed by atoms with Gasteiger partial charge in [0.2, 0.25) is 11.8 Å². The summed E-state index contributed by atoms with van der Waals surface area (Å²) >= 11 is 0. The minimum absolute atomic E-state index is 0.135. The van der Waals surface area contributed by atoms with Gasteiger partial charge in [-0.3, -0.25) is 19.4 Å². The van der Waals surface area contributed by atoms with Crippen molar-refractivity contribution in [3.05, 3.63) is 30.3 Å². The molecule has 2 fully saturated rings. The number of carbonyl (C=O) groups excluding carboxylic acids is 3. The Morgan fingerprint density at radius 3 is 2.30 bits per heavy atom. The van der Waals surface area contributed by atoms with Gasteiger partial charge in [-0.1, -0.05) is 18.2 Å². The molecular weight excluding hydrogens is 296 g/mol. The lowest BCUT2D eigenvalue weighted by Crippen LogP contribution is -2.54. The van der Waals surface area contributed by atoms with Crippen LogP contribution in [0.2, 0.25) is 0 Å². The Kier molecular flexibility index (Phi) is 4.29. The van der Waals surface area contributed by atoms with Crippen LogP contribution in [-0.2, 0) is 9.59 Å². The second kappa shape index (κ2) is 6.37. The van der Waals surface area contributed by atoms with Gasteiger partial charge in [0.05, 0.1) is 12.5 Å². The van der Waals surface area contributed by atoms with Gasteiger partial charge in [0.15, 0.2) is 0 Å². The third-order valence-electron chi connectivity index (χ3n) is 4.43. The van der Waals surface area contributed by atoms with Crippen molar-refractivity contribution in [1.82, 2.24) is 14.7 Å². The third kappa shape index (κ3) is 3.19. The van der Waals surface area contributed by atoms with Crippen LogP contribution in [0, 0.1) is 0 Å². The van der Waals surface area contributed by atoms with Gasteiger partial charge >= 0.3 is 6.03 Å². The van der Waals surface area contributed by atoms with E-state index in [1.165, 1.54) is 11.9 Å². The van der Waals surface area contributed by atoms with E-state index in [-0.39, 0.29) is 30.3 Å². The van der Waals surface area contributed by atoms with Crippen molar-refractivity contribution < 1.29 is 14.4 Å². The van der Waals surface area contributed by atoms with E-state index in [2.05, 4.69) is 5.32 Å². The second-order valence-corrected chi connectivity index (χ2v) is 5.83. The van der Waals surface area contributed by atoms with E-state index in [0.29, 0.717) is 26.2 Å². The first-order valence-corrected chi connectivity index (χ1v) is 7.71. The van der Waals surface area contributed by atoms with Crippen LogP contribution in [0.3, 0.4) is 0 Å². The number of anilines is 1. The monoisotopic (exact) mass is 316 g/mol. The number of likely N-dealkylation sites (tertiary alicyclic amines) is 1. The predicted molar refractivity (Wildman–Crippen MR) is 84.8 cm³/mol. The van der Waals surface area contributed by atoms with Gasteiger partial charge in [-0.15, -0.1) is 0 Å². The lowest BCUT2D eigenvalue weighted by atomic mass is 10.2. The maximum Gasteiger partial charge on any atom is 0.321 e. The zero-order valence-corrected chi connectivity index (χ0v) is 13.1. The molecule has 1 aromatic rings. The SMILES string of the molecule is CN1C(=O)CC(N2CCN(C(=O)Nc3ccccc3)CC2)C1=O. The topological polar surface area (TPSA) is 73.0 Å². The average molecular weight is 316 g/mol. The van der Waals surface area contributed by atoms with Gasteiger partial charge < -0.3 is 10.2 Å². The number of carbonyl (C=O) groups is 3. The van der Waals surface area contributed by atoms with E-state index < -0.39 is 0 Å². The quantitative estimate of drug-likeness (QED) is 0.811. The molecule has 23 heavy (non-hydrogen) atoms. The fourth-order valence-electron chi connectivity index (χ4n) is 2.98. The van der Waals surface area contributed by atoms with Gasteiger partial charge in [0.1, 0.15) is 0 Å². The Balaban J connectivity index is 1.53. The number of piperazine rings is 1. The number of likely N-dealkylation sites (N-methyl/N-ethyl adjacent to an activating group) is 1. The molecule has 2 aliphatic heterocycles. The van der Waals surface area contributed by atoms with Crippen molar-refractivity contribution in [1.29, 1.82) is 0 Å². The van der Waals surface area contributed by atoms with Crippen molar-refractivity contribution in [2.24, 2.45) is 0 Å². The van der Waals surface area contributed by atoms with Crippen LogP contribution in [0.5, 0.6) is 0 Å². The molecule has 2 aliphatic rings. The van der Waals surface area contributed by atoms with Crippen molar-refractivity contribution >= 4 is 23.5 Å². The molecule has 3 rings (SSSR count). The largest absolute Gasteiger partial charge is 0.322 e. The molecule has 0 aliphatic carbocycles. The molecule has 0 aromatic heterocycles. The maximum absolute atomic E-state index is 12.2. The van der Waals surface area contributed by atoms with Gasteiger partial charge in [-0.2, -0.15) is 0 Å². The molecule has 1 unspecified atom stereocenters. The number of rotatable bonds is 2. The minimum atomic E-state index is -0.369. The second-order valence-electron chi connectivity index (χ2n) is 5.83. The van der Waals surface area contributed by atoms with Crippen LogP contribution in [-0.4, -0.2) is 71.8 Å². The highest BCUT2D eigenvalue weighted by Crippen LogP contribution is 2.19. The normalized spacial score (nSPS) is 22.6. The first-order chi connectivity index (χ1) is 11.1. The van der Waals surface area contributed by atoms with Crippen LogP contribution in [0.1, 0.15) is 6.42 Å². The number of hydrogen-bond acceptors (Lipinski definition) is 4. The van der Waals surface area contributed by atoms with Crippen LogP contribution < -0.4 is 5.32 Å². The van der Waals surface area contributed by atoms with E-state index in [4.69, 9.17) is 0 Å². The molecular formula is C16H20N4O3.